The molecule has 3 aliphatic rings. The van der Waals surface area contributed by atoms with Gasteiger partial charge in [-0.2, -0.15) is 0 Å². The van der Waals surface area contributed by atoms with Crippen LogP contribution in [0.3, 0.4) is 0 Å². The van der Waals surface area contributed by atoms with Crippen molar-refractivity contribution in [1.29, 1.82) is 0 Å². The monoisotopic (exact) mass is 316 g/mol. The first-order valence-corrected chi connectivity index (χ1v) is 8.60. The fraction of sp³-hybridized carbons (Fsp3) is 0.688. The van der Waals surface area contributed by atoms with Crippen molar-refractivity contribution in [2.75, 3.05) is 31.1 Å². The number of amides is 1. The maximum Gasteiger partial charge on any atom is 0.241 e. The average Bonchev–Trinajstić information content (AvgIpc) is 3.26. The Morgan fingerprint density at radius 2 is 1.96 bits per heavy atom. The molecule has 3 fully saturated rings. The van der Waals surface area contributed by atoms with Crippen LogP contribution in [-0.4, -0.2) is 58.5 Å². The van der Waals surface area contributed by atoms with Gasteiger partial charge in [-0.05, 0) is 38.2 Å². The Hall–Kier alpha value is -1.73. The highest BCUT2D eigenvalue weighted by atomic mass is 16.2. The van der Waals surface area contributed by atoms with Gasteiger partial charge in [0.25, 0.3) is 0 Å². The topological polar surface area (TPSA) is 73.4 Å². The number of rotatable bonds is 2. The minimum atomic E-state index is -0.0545. The molecule has 7 nitrogen and oxygen atoms in total. The molecule has 4 heterocycles. The van der Waals surface area contributed by atoms with Gasteiger partial charge in [-0.3, -0.25) is 10.2 Å². The summed E-state index contributed by atoms with van der Waals surface area (Å²) in [6.45, 7) is 3.56. The molecule has 2 N–H and O–H groups in total. The number of nitrogens with zero attached hydrogens (tertiary/aromatic N) is 4. The molecule has 1 unspecified atom stereocenters. The van der Waals surface area contributed by atoms with Crippen LogP contribution in [-0.2, 0) is 4.79 Å². The van der Waals surface area contributed by atoms with Crippen LogP contribution in [0.25, 0.3) is 0 Å². The van der Waals surface area contributed by atoms with Crippen LogP contribution in [0, 0.1) is 0 Å². The van der Waals surface area contributed by atoms with E-state index in [0.717, 1.165) is 51.4 Å². The average molecular weight is 316 g/mol. The van der Waals surface area contributed by atoms with Crippen molar-refractivity contribution in [1.82, 2.24) is 25.7 Å². The van der Waals surface area contributed by atoms with Crippen LogP contribution >= 0.6 is 0 Å². The van der Waals surface area contributed by atoms with Gasteiger partial charge in [-0.1, -0.05) is 0 Å². The number of piperidine rings is 1. The number of hydrazine groups is 1. The summed E-state index contributed by atoms with van der Waals surface area (Å²) in [6, 6.07) is 1.80. The lowest BCUT2D eigenvalue weighted by Crippen LogP contribution is -2.56. The highest BCUT2D eigenvalue weighted by Gasteiger charge is 2.45. The van der Waals surface area contributed by atoms with Gasteiger partial charge in [0.15, 0.2) is 0 Å². The number of anilines is 1. The molecule has 124 valence electrons. The molecule has 0 saturated carbocycles. The Morgan fingerprint density at radius 3 is 2.65 bits per heavy atom. The van der Waals surface area contributed by atoms with Crippen LogP contribution in [0.5, 0.6) is 0 Å². The normalized spacial score (nSPS) is 26.9. The summed E-state index contributed by atoms with van der Waals surface area (Å²) in [5, 5.41) is 0. The summed E-state index contributed by atoms with van der Waals surface area (Å²) < 4.78 is 0. The van der Waals surface area contributed by atoms with Gasteiger partial charge in [0, 0.05) is 44.1 Å². The maximum absolute atomic E-state index is 12.5. The fourth-order valence-electron chi connectivity index (χ4n) is 4.23. The zero-order valence-electron chi connectivity index (χ0n) is 13.4. The fourth-order valence-corrected chi connectivity index (χ4v) is 4.23. The first-order valence-electron chi connectivity index (χ1n) is 8.60. The number of likely N-dealkylation sites (tertiary alicyclic amines) is 1. The van der Waals surface area contributed by atoms with Crippen LogP contribution in [0.15, 0.2) is 18.5 Å². The first kappa shape index (κ1) is 14.8. The molecule has 1 amide bonds. The van der Waals surface area contributed by atoms with Crippen molar-refractivity contribution >= 4 is 11.9 Å². The lowest BCUT2D eigenvalue weighted by molar-refractivity contribution is -0.134. The van der Waals surface area contributed by atoms with E-state index in [0.29, 0.717) is 0 Å². The van der Waals surface area contributed by atoms with Crippen molar-refractivity contribution < 1.29 is 4.79 Å². The van der Waals surface area contributed by atoms with Gasteiger partial charge in [0.05, 0.1) is 0 Å². The molecule has 0 aliphatic carbocycles. The molecule has 0 radical (unpaired) electrons. The number of hydrogen-bond donors (Lipinski definition) is 2. The lowest BCUT2D eigenvalue weighted by atomic mass is 9.85. The van der Waals surface area contributed by atoms with E-state index in [-0.39, 0.29) is 17.5 Å². The molecular formula is C16H24N6O. The molecule has 23 heavy (non-hydrogen) atoms. The second-order valence-electron chi connectivity index (χ2n) is 6.77. The highest BCUT2D eigenvalue weighted by Crippen LogP contribution is 2.40. The van der Waals surface area contributed by atoms with E-state index in [4.69, 9.17) is 0 Å². The quantitative estimate of drug-likeness (QED) is 0.818. The van der Waals surface area contributed by atoms with Gasteiger partial charge in [-0.25, -0.2) is 15.4 Å². The Morgan fingerprint density at radius 1 is 1.17 bits per heavy atom. The first-order chi connectivity index (χ1) is 11.3. The van der Waals surface area contributed by atoms with Crippen molar-refractivity contribution in [3.05, 3.63) is 18.5 Å². The minimum Gasteiger partial charge on any atom is -0.341 e. The van der Waals surface area contributed by atoms with Gasteiger partial charge < -0.3 is 9.80 Å². The van der Waals surface area contributed by atoms with Gasteiger partial charge >= 0.3 is 0 Å². The molecule has 1 aromatic heterocycles. The van der Waals surface area contributed by atoms with Gasteiger partial charge in [-0.15, -0.1) is 0 Å². The van der Waals surface area contributed by atoms with Crippen molar-refractivity contribution in [2.24, 2.45) is 0 Å². The van der Waals surface area contributed by atoms with E-state index in [1.165, 1.54) is 12.8 Å². The smallest absolute Gasteiger partial charge is 0.241 e. The molecule has 7 heteroatoms. The molecule has 1 spiro atoms. The Labute approximate surface area is 136 Å². The predicted octanol–water partition coefficient (Wildman–Crippen LogP) is 0.305. The summed E-state index contributed by atoms with van der Waals surface area (Å²) in [6.07, 6.45) is 8.88. The van der Waals surface area contributed by atoms with E-state index in [1.807, 2.05) is 23.4 Å². The number of aromatic nitrogens is 2. The number of hydrogen-bond acceptors (Lipinski definition) is 6. The maximum atomic E-state index is 12.5. The summed E-state index contributed by atoms with van der Waals surface area (Å²) in [4.78, 5) is 25.8. The molecule has 3 saturated heterocycles. The number of carbonyl (C=O) groups is 1. The van der Waals surface area contributed by atoms with E-state index < -0.39 is 0 Å². The standard InChI is InChI=1S/C16H24N6O/c23-14(13-3-9-19-20-13)21-11-5-16(6-12-21)4-1-10-22(16)15-17-7-2-8-18-15/h2,7-8,13,19-20H,1,3-6,9-12H2. The Kier molecular flexibility index (Phi) is 3.90. The van der Waals surface area contributed by atoms with E-state index >= 15 is 0 Å². The second kappa shape index (κ2) is 6.05. The van der Waals surface area contributed by atoms with Gasteiger partial charge in [0.1, 0.15) is 6.04 Å². The SMILES string of the molecule is O=C(C1CCNN1)N1CCC2(CCCN2c2ncccn2)CC1. The van der Waals surface area contributed by atoms with Crippen molar-refractivity contribution in [3.8, 4) is 0 Å². The summed E-state index contributed by atoms with van der Waals surface area (Å²) in [5.74, 6) is 1.08. The predicted molar refractivity (Wildman–Crippen MR) is 86.7 cm³/mol. The van der Waals surface area contributed by atoms with Gasteiger partial charge in [0.2, 0.25) is 11.9 Å². The molecule has 1 atom stereocenters. The second-order valence-corrected chi connectivity index (χ2v) is 6.77. The third-order valence-corrected chi connectivity index (χ3v) is 5.53. The zero-order chi connectivity index (χ0) is 15.7. The number of carbonyl (C=O) groups excluding carboxylic acids is 1. The van der Waals surface area contributed by atoms with Crippen LogP contribution in [0.2, 0.25) is 0 Å². The van der Waals surface area contributed by atoms with E-state index in [9.17, 15) is 4.79 Å². The lowest BCUT2D eigenvalue weighted by Gasteiger charge is -2.45. The largest absolute Gasteiger partial charge is 0.341 e. The Bertz CT molecular complexity index is 551. The summed E-state index contributed by atoms with van der Waals surface area (Å²) in [7, 11) is 0. The highest BCUT2D eigenvalue weighted by molar-refractivity contribution is 5.82. The Balaban J connectivity index is 1.44. The summed E-state index contributed by atoms with van der Waals surface area (Å²) >= 11 is 0. The van der Waals surface area contributed by atoms with E-state index in [2.05, 4.69) is 25.7 Å². The molecule has 1 aromatic rings. The summed E-state index contributed by atoms with van der Waals surface area (Å²) in [5.41, 5.74) is 6.26. The number of nitrogens with one attached hydrogen (secondary N) is 2. The molecule has 3 aliphatic heterocycles. The minimum absolute atomic E-state index is 0.0545. The van der Waals surface area contributed by atoms with E-state index in [1.54, 1.807) is 0 Å². The van der Waals surface area contributed by atoms with Crippen LogP contribution < -0.4 is 15.8 Å². The molecule has 0 bridgehead atoms. The van der Waals surface area contributed by atoms with Crippen molar-refractivity contribution in [2.45, 2.75) is 43.7 Å². The third-order valence-electron chi connectivity index (χ3n) is 5.53. The van der Waals surface area contributed by atoms with Crippen LogP contribution in [0.4, 0.5) is 5.95 Å². The third kappa shape index (κ3) is 2.68. The molecular weight excluding hydrogens is 292 g/mol. The molecule has 0 aromatic carbocycles. The zero-order valence-corrected chi connectivity index (χ0v) is 13.4. The van der Waals surface area contributed by atoms with Crippen LogP contribution in [0.1, 0.15) is 32.1 Å². The molecule has 4 rings (SSSR count). The van der Waals surface area contributed by atoms with Crippen molar-refractivity contribution in [3.63, 3.8) is 0 Å².